The quantitative estimate of drug-likeness (QED) is 0.631. The molecule has 0 aliphatic rings. The molecule has 0 saturated heterocycles. The first-order valence-corrected chi connectivity index (χ1v) is 7.38. The molecule has 2 aromatic rings. The van der Waals surface area contributed by atoms with Crippen LogP contribution in [0, 0.1) is 13.8 Å². The first kappa shape index (κ1) is 17.3. The minimum atomic E-state index is -0.372. The van der Waals surface area contributed by atoms with Gasteiger partial charge in [0.1, 0.15) is 5.75 Å². The van der Waals surface area contributed by atoms with Gasteiger partial charge in [-0.1, -0.05) is 6.07 Å². The normalized spacial score (nSPS) is 10.6. The third-order valence-corrected chi connectivity index (χ3v) is 3.17. The van der Waals surface area contributed by atoms with Gasteiger partial charge in [-0.25, -0.2) is 5.43 Å². The molecule has 0 fully saturated rings. The van der Waals surface area contributed by atoms with Crippen LogP contribution in [-0.4, -0.2) is 30.9 Å². The Morgan fingerprint density at radius 2 is 1.92 bits per heavy atom. The number of nitrogens with one attached hydrogen (secondary N) is 1. The summed E-state index contributed by atoms with van der Waals surface area (Å²) in [5.74, 6) is 0.652. The van der Waals surface area contributed by atoms with E-state index in [1.807, 2.05) is 32.0 Å². The number of hydrogen-bond donors (Lipinski definition) is 2. The van der Waals surface area contributed by atoms with E-state index in [0.29, 0.717) is 17.1 Å². The number of hydrazone groups is 1. The third kappa shape index (κ3) is 5.01. The summed E-state index contributed by atoms with van der Waals surface area (Å²) in [5.41, 5.74) is 5.14. The van der Waals surface area contributed by atoms with Gasteiger partial charge < -0.3 is 14.6 Å². The highest BCUT2D eigenvalue weighted by atomic mass is 16.5. The van der Waals surface area contributed by atoms with E-state index in [2.05, 4.69) is 10.5 Å². The summed E-state index contributed by atoms with van der Waals surface area (Å²) in [6.07, 6.45) is 1.42. The first-order valence-electron chi connectivity index (χ1n) is 7.38. The fourth-order valence-electron chi connectivity index (χ4n) is 2.16. The van der Waals surface area contributed by atoms with Crippen LogP contribution in [0.2, 0.25) is 0 Å². The van der Waals surface area contributed by atoms with Crippen LogP contribution < -0.4 is 14.9 Å². The lowest BCUT2D eigenvalue weighted by Gasteiger charge is -2.07. The summed E-state index contributed by atoms with van der Waals surface area (Å²) in [7, 11) is 1.47. The molecule has 6 heteroatoms. The summed E-state index contributed by atoms with van der Waals surface area (Å²) < 4.78 is 10.4. The van der Waals surface area contributed by atoms with Gasteiger partial charge >= 0.3 is 0 Å². The summed E-state index contributed by atoms with van der Waals surface area (Å²) in [4.78, 5) is 11.7. The van der Waals surface area contributed by atoms with E-state index in [-0.39, 0.29) is 18.3 Å². The number of ether oxygens (including phenoxy) is 2. The standard InChI is InChI=1S/C18H20N2O4/c1-12-6-13(2)8-15(7-12)24-11-18(22)20-19-10-14-4-5-17(23-3)16(21)9-14/h4-10,21H,11H2,1-3H3,(H,20,22)/b19-10+. The second-order valence-corrected chi connectivity index (χ2v) is 5.34. The summed E-state index contributed by atoms with van der Waals surface area (Å²) in [6, 6.07) is 10.6. The van der Waals surface area contributed by atoms with Crippen molar-refractivity contribution in [1.82, 2.24) is 5.43 Å². The number of benzene rings is 2. The molecule has 0 aliphatic carbocycles. The number of phenolic OH excluding ortho intramolecular Hbond substituents is 1. The number of amides is 1. The van der Waals surface area contributed by atoms with Crippen molar-refractivity contribution in [2.75, 3.05) is 13.7 Å². The Morgan fingerprint density at radius 3 is 2.54 bits per heavy atom. The van der Waals surface area contributed by atoms with Gasteiger partial charge in [0.15, 0.2) is 18.1 Å². The molecule has 126 valence electrons. The molecule has 0 radical (unpaired) electrons. The number of carbonyl (C=O) groups is 1. The number of aryl methyl sites for hydroxylation is 2. The van der Waals surface area contributed by atoms with Gasteiger partial charge in [-0.05, 0) is 60.9 Å². The Balaban J connectivity index is 1.85. The van der Waals surface area contributed by atoms with Crippen molar-refractivity contribution in [3.05, 3.63) is 53.1 Å². The predicted octanol–water partition coefficient (Wildman–Crippen LogP) is 2.55. The van der Waals surface area contributed by atoms with Crippen molar-refractivity contribution >= 4 is 12.1 Å². The summed E-state index contributed by atoms with van der Waals surface area (Å²) in [6.45, 7) is 3.80. The fourth-order valence-corrected chi connectivity index (χ4v) is 2.16. The second kappa shape index (κ2) is 8.01. The van der Waals surface area contributed by atoms with Gasteiger partial charge in [-0.3, -0.25) is 4.79 Å². The smallest absolute Gasteiger partial charge is 0.277 e. The van der Waals surface area contributed by atoms with E-state index in [1.54, 1.807) is 12.1 Å². The SMILES string of the molecule is COc1ccc(/C=N/NC(=O)COc2cc(C)cc(C)c2)cc1O. The van der Waals surface area contributed by atoms with E-state index < -0.39 is 0 Å². The highest BCUT2D eigenvalue weighted by molar-refractivity contribution is 5.83. The van der Waals surface area contributed by atoms with Crippen LogP contribution in [0.15, 0.2) is 41.5 Å². The van der Waals surface area contributed by atoms with E-state index in [0.717, 1.165) is 11.1 Å². The van der Waals surface area contributed by atoms with Crippen LogP contribution in [0.3, 0.4) is 0 Å². The Hall–Kier alpha value is -3.02. The average Bonchev–Trinajstić information content (AvgIpc) is 2.52. The fraction of sp³-hybridized carbons (Fsp3) is 0.222. The number of phenols is 1. The number of rotatable bonds is 6. The van der Waals surface area contributed by atoms with Gasteiger partial charge in [0.2, 0.25) is 0 Å². The largest absolute Gasteiger partial charge is 0.504 e. The molecule has 6 nitrogen and oxygen atoms in total. The highest BCUT2D eigenvalue weighted by Crippen LogP contribution is 2.25. The van der Waals surface area contributed by atoms with Crippen molar-refractivity contribution in [2.45, 2.75) is 13.8 Å². The minimum Gasteiger partial charge on any atom is -0.504 e. The molecule has 0 aliphatic heterocycles. The first-order chi connectivity index (χ1) is 11.5. The molecule has 2 rings (SSSR count). The summed E-state index contributed by atoms with van der Waals surface area (Å²) in [5, 5.41) is 13.5. The Kier molecular flexibility index (Phi) is 5.78. The van der Waals surface area contributed by atoms with Gasteiger partial charge in [-0.15, -0.1) is 0 Å². The zero-order valence-electron chi connectivity index (χ0n) is 13.9. The highest BCUT2D eigenvalue weighted by Gasteiger charge is 2.03. The van der Waals surface area contributed by atoms with E-state index >= 15 is 0 Å². The molecular weight excluding hydrogens is 308 g/mol. The van der Waals surface area contributed by atoms with Crippen LogP contribution in [0.25, 0.3) is 0 Å². The van der Waals surface area contributed by atoms with E-state index in [4.69, 9.17) is 9.47 Å². The molecule has 2 aromatic carbocycles. The lowest BCUT2D eigenvalue weighted by atomic mass is 10.1. The second-order valence-electron chi connectivity index (χ2n) is 5.34. The number of carbonyl (C=O) groups excluding carboxylic acids is 1. The van der Waals surface area contributed by atoms with Crippen molar-refractivity contribution in [3.63, 3.8) is 0 Å². The van der Waals surface area contributed by atoms with Crippen LogP contribution in [0.5, 0.6) is 17.2 Å². The maximum absolute atomic E-state index is 11.7. The van der Waals surface area contributed by atoms with E-state index in [9.17, 15) is 9.90 Å². The molecule has 0 bridgehead atoms. The molecule has 0 aromatic heterocycles. The van der Waals surface area contributed by atoms with Crippen molar-refractivity contribution in [1.29, 1.82) is 0 Å². The van der Waals surface area contributed by atoms with Crippen molar-refractivity contribution in [2.24, 2.45) is 5.10 Å². The molecule has 0 spiro atoms. The monoisotopic (exact) mass is 328 g/mol. The topological polar surface area (TPSA) is 80.2 Å². The molecule has 2 N–H and O–H groups in total. The molecule has 0 saturated carbocycles. The predicted molar refractivity (Wildman–Crippen MR) is 91.8 cm³/mol. The molecular formula is C18H20N2O4. The molecule has 0 atom stereocenters. The van der Waals surface area contributed by atoms with Gasteiger partial charge in [-0.2, -0.15) is 5.10 Å². The molecule has 0 heterocycles. The van der Waals surface area contributed by atoms with Crippen LogP contribution >= 0.6 is 0 Å². The van der Waals surface area contributed by atoms with Crippen LogP contribution in [0.1, 0.15) is 16.7 Å². The van der Waals surface area contributed by atoms with Gasteiger partial charge in [0, 0.05) is 0 Å². The Morgan fingerprint density at radius 1 is 1.21 bits per heavy atom. The number of methoxy groups -OCH3 is 1. The third-order valence-electron chi connectivity index (χ3n) is 3.17. The van der Waals surface area contributed by atoms with Crippen molar-refractivity contribution < 1.29 is 19.4 Å². The maximum atomic E-state index is 11.7. The molecule has 1 amide bonds. The van der Waals surface area contributed by atoms with Gasteiger partial charge in [0.05, 0.1) is 13.3 Å². The van der Waals surface area contributed by atoms with Crippen LogP contribution in [0.4, 0.5) is 0 Å². The Labute approximate surface area is 140 Å². The lowest BCUT2D eigenvalue weighted by Crippen LogP contribution is -2.24. The minimum absolute atomic E-state index is 0.00549. The Bertz CT molecular complexity index is 736. The average molecular weight is 328 g/mol. The number of hydrogen-bond acceptors (Lipinski definition) is 5. The maximum Gasteiger partial charge on any atom is 0.277 e. The zero-order valence-corrected chi connectivity index (χ0v) is 13.9. The van der Waals surface area contributed by atoms with Crippen molar-refractivity contribution in [3.8, 4) is 17.2 Å². The number of nitrogens with zero attached hydrogens (tertiary/aromatic N) is 1. The lowest BCUT2D eigenvalue weighted by molar-refractivity contribution is -0.123. The number of aromatic hydroxyl groups is 1. The van der Waals surface area contributed by atoms with Crippen LogP contribution in [-0.2, 0) is 4.79 Å². The summed E-state index contributed by atoms with van der Waals surface area (Å²) >= 11 is 0. The molecule has 24 heavy (non-hydrogen) atoms. The zero-order chi connectivity index (χ0) is 17.5. The van der Waals surface area contributed by atoms with E-state index in [1.165, 1.54) is 19.4 Å². The molecule has 0 unspecified atom stereocenters. The van der Waals surface area contributed by atoms with Gasteiger partial charge in [0.25, 0.3) is 5.91 Å².